The van der Waals surface area contributed by atoms with E-state index in [0.29, 0.717) is 38.8 Å². The predicted molar refractivity (Wildman–Crippen MR) is 123 cm³/mol. The number of aromatic nitrogens is 1. The van der Waals surface area contributed by atoms with Crippen molar-refractivity contribution in [1.29, 1.82) is 0 Å². The number of carbonyl (C=O) groups excluding carboxylic acids is 1. The molecule has 1 aromatic heterocycles. The van der Waals surface area contributed by atoms with Crippen LogP contribution in [0.15, 0.2) is 69.6 Å². The minimum absolute atomic E-state index is 0.0926. The number of nitrogens with one attached hydrogen (secondary N) is 1. The van der Waals surface area contributed by atoms with Crippen LogP contribution in [-0.4, -0.2) is 22.6 Å². The lowest BCUT2D eigenvalue weighted by molar-refractivity contribution is -0.118. The van der Waals surface area contributed by atoms with Crippen LogP contribution in [0.3, 0.4) is 0 Å². The Hall–Kier alpha value is -3.32. The second kappa shape index (κ2) is 8.81. The van der Waals surface area contributed by atoms with Crippen LogP contribution < -0.4 is 10.1 Å². The Labute approximate surface area is 188 Å². The molecule has 0 bridgehead atoms. The quantitative estimate of drug-likeness (QED) is 0.348. The van der Waals surface area contributed by atoms with Gasteiger partial charge < -0.3 is 19.6 Å². The van der Waals surface area contributed by atoms with Crippen molar-refractivity contribution in [1.82, 2.24) is 4.98 Å². The van der Waals surface area contributed by atoms with E-state index in [0.717, 1.165) is 5.56 Å². The number of halogens is 1. The fourth-order valence-corrected chi connectivity index (χ4v) is 3.44. The molecule has 6 nitrogen and oxygen atoms in total. The fraction of sp³-hybridized carbons (Fsp3) is 0.167. The van der Waals surface area contributed by atoms with Gasteiger partial charge in [0.1, 0.15) is 17.0 Å². The highest BCUT2D eigenvalue weighted by atomic mass is 79.9. The van der Waals surface area contributed by atoms with E-state index in [-0.39, 0.29) is 18.3 Å². The number of nitrogens with zero attached hydrogens (tertiary/aromatic N) is 1. The third-order valence-corrected chi connectivity index (χ3v) is 5.42. The lowest BCUT2D eigenvalue weighted by Crippen LogP contribution is -2.20. The Balaban J connectivity index is 1.42. The molecular weight excluding hydrogens is 460 g/mol. The number of rotatable bonds is 6. The van der Waals surface area contributed by atoms with Crippen molar-refractivity contribution in [2.24, 2.45) is 0 Å². The standard InChI is InChI=1S/C24H21BrN2O4/c1-14(2)15-3-7-18(8-4-15)30-13-23(29)26-17-6-10-22-20(12-17)27-24(31-22)16-5-9-21(28)19(25)11-16/h3-12,14,28H,13H2,1-2H3,(H,26,29). The molecule has 1 heterocycles. The zero-order chi connectivity index (χ0) is 22.0. The smallest absolute Gasteiger partial charge is 0.262 e. The van der Waals surface area contributed by atoms with Crippen LogP contribution in [0.25, 0.3) is 22.6 Å². The third kappa shape index (κ3) is 4.88. The number of ether oxygens (including phenoxy) is 1. The highest BCUT2D eigenvalue weighted by Gasteiger charge is 2.12. The van der Waals surface area contributed by atoms with Gasteiger partial charge in [0.05, 0.1) is 4.47 Å². The molecule has 0 spiro atoms. The van der Waals surface area contributed by atoms with Gasteiger partial charge in [-0.2, -0.15) is 0 Å². The Kier molecular flexibility index (Phi) is 5.95. The number of benzene rings is 3. The Morgan fingerprint density at radius 1 is 1.13 bits per heavy atom. The summed E-state index contributed by atoms with van der Waals surface area (Å²) in [7, 11) is 0. The summed E-state index contributed by atoms with van der Waals surface area (Å²) in [6.07, 6.45) is 0. The molecule has 0 unspecified atom stereocenters. The van der Waals surface area contributed by atoms with Gasteiger partial charge in [-0.15, -0.1) is 0 Å². The molecule has 158 valence electrons. The highest BCUT2D eigenvalue weighted by Crippen LogP contribution is 2.31. The maximum Gasteiger partial charge on any atom is 0.262 e. The van der Waals surface area contributed by atoms with Crippen molar-refractivity contribution < 1.29 is 19.1 Å². The molecule has 4 rings (SSSR count). The number of amides is 1. The van der Waals surface area contributed by atoms with E-state index in [1.807, 2.05) is 24.3 Å². The normalized spacial score (nSPS) is 11.1. The molecule has 0 aliphatic carbocycles. The van der Waals surface area contributed by atoms with Gasteiger partial charge in [-0.25, -0.2) is 4.98 Å². The average molecular weight is 481 g/mol. The van der Waals surface area contributed by atoms with E-state index < -0.39 is 0 Å². The molecule has 0 aliphatic heterocycles. The second-order valence-electron chi connectivity index (χ2n) is 7.43. The summed E-state index contributed by atoms with van der Waals surface area (Å²) in [6.45, 7) is 4.16. The molecule has 0 aliphatic rings. The summed E-state index contributed by atoms with van der Waals surface area (Å²) >= 11 is 3.29. The summed E-state index contributed by atoms with van der Waals surface area (Å²) in [5.41, 5.74) is 3.75. The van der Waals surface area contributed by atoms with Gasteiger partial charge >= 0.3 is 0 Å². The molecule has 1 amide bonds. The van der Waals surface area contributed by atoms with Crippen LogP contribution in [0.1, 0.15) is 25.3 Å². The first kappa shape index (κ1) is 20.9. The molecule has 2 N–H and O–H groups in total. The Morgan fingerprint density at radius 2 is 1.90 bits per heavy atom. The van der Waals surface area contributed by atoms with Gasteiger partial charge in [0, 0.05) is 11.3 Å². The van der Waals surface area contributed by atoms with Crippen molar-refractivity contribution in [3.05, 3.63) is 70.7 Å². The van der Waals surface area contributed by atoms with E-state index in [4.69, 9.17) is 9.15 Å². The van der Waals surface area contributed by atoms with Crippen molar-refractivity contribution in [3.63, 3.8) is 0 Å². The van der Waals surface area contributed by atoms with Crippen LogP contribution in [0.5, 0.6) is 11.5 Å². The lowest BCUT2D eigenvalue weighted by atomic mass is 10.0. The van der Waals surface area contributed by atoms with E-state index in [9.17, 15) is 9.90 Å². The summed E-state index contributed by atoms with van der Waals surface area (Å²) in [5.74, 6) is 1.39. The van der Waals surface area contributed by atoms with Gasteiger partial charge in [-0.3, -0.25) is 4.79 Å². The summed E-state index contributed by atoms with van der Waals surface area (Å²) in [4.78, 5) is 16.8. The van der Waals surface area contributed by atoms with Crippen LogP contribution in [0, 0.1) is 0 Å². The second-order valence-corrected chi connectivity index (χ2v) is 8.28. The van der Waals surface area contributed by atoms with Crippen molar-refractivity contribution in [2.75, 3.05) is 11.9 Å². The van der Waals surface area contributed by atoms with Crippen LogP contribution >= 0.6 is 15.9 Å². The largest absolute Gasteiger partial charge is 0.507 e. The number of oxazole rings is 1. The molecule has 4 aromatic rings. The van der Waals surface area contributed by atoms with Gasteiger partial charge in [-0.1, -0.05) is 26.0 Å². The maximum atomic E-state index is 12.3. The van der Waals surface area contributed by atoms with Crippen LogP contribution in [0.4, 0.5) is 5.69 Å². The number of hydrogen-bond donors (Lipinski definition) is 2. The highest BCUT2D eigenvalue weighted by molar-refractivity contribution is 9.10. The molecule has 7 heteroatoms. The molecule has 0 saturated heterocycles. The van der Waals surface area contributed by atoms with Gasteiger partial charge in [0.15, 0.2) is 12.2 Å². The molecule has 0 radical (unpaired) electrons. The van der Waals surface area contributed by atoms with Crippen molar-refractivity contribution >= 4 is 38.6 Å². The van der Waals surface area contributed by atoms with Crippen molar-refractivity contribution in [2.45, 2.75) is 19.8 Å². The number of carbonyl (C=O) groups is 1. The van der Waals surface area contributed by atoms with E-state index in [1.165, 1.54) is 5.56 Å². The number of phenols is 1. The molecule has 0 atom stereocenters. The lowest BCUT2D eigenvalue weighted by Gasteiger charge is -2.09. The molecule has 31 heavy (non-hydrogen) atoms. The minimum atomic E-state index is -0.265. The van der Waals surface area contributed by atoms with Gasteiger partial charge in [0.25, 0.3) is 5.91 Å². The first-order valence-corrected chi connectivity index (χ1v) is 10.6. The van der Waals surface area contributed by atoms with Gasteiger partial charge in [0.2, 0.25) is 5.89 Å². The number of aromatic hydroxyl groups is 1. The first-order chi connectivity index (χ1) is 14.9. The Morgan fingerprint density at radius 3 is 2.61 bits per heavy atom. The van der Waals surface area contributed by atoms with Crippen molar-refractivity contribution in [3.8, 4) is 23.0 Å². The molecule has 0 saturated carbocycles. The number of phenolic OH excluding ortho intramolecular Hbond substituents is 1. The van der Waals surface area contributed by atoms with Gasteiger partial charge in [-0.05, 0) is 75.9 Å². The van der Waals surface area contributed by atoms with E-state index >= 15 is 0 Å². The summed E-state index contributed by atoms with van der Waals surface area (Å²) < 4.78 is 11.9. The Bertz CT molecular complexity index is 1230. The minimum Gasteiger partial charge on any atom is -0.507 e. The number of hydrogen-bond acceptors (Lipinski definition) is 5. The zero-order valence-electron chi connectivity index (χ0n) is 17.1. The third-order valence-electron chi connectivity index (χ3n) is 4.78. The topological polar surface area (TPSA) is 84.6 Å². The van der Waals surface area contributed by atoms with Crippen LogP contribution in [-0.2, 0) is 4.79 Å². The maximum absolute atomic E-state index is 12.3. The monoisotopic (exact) mass is 480 g/mol. The average Bonchev–Trinajstić information content (AvgIpc) is 3.18. The van der Waals surface area contributed by atoms with Crippen LogP contribution in [0.2, 0.25) is 0 Å². The molecule has 0 fully saturated rings. The summed E-state index contributed by atoms with van der Waals surface area (Å²) in [6, 6.07) is 18.0. The zero-order valence-corrected chi connectivity index (χ0v) is 18.6. The first-order valence-electron chi connectivity index (χ1n) is 9.81. The van der Waals surface area contributed by atoms with E-state index in [2.05, 4.69) is 40.1 Å². The van der Waals surface area contributed by atoms with E-state index in [1.54, 1.807) is 36.4 Å². The fourth-order valence-electron chi connectivity index (χ4n) is 3.06. The molecular formula is C24H21BrN2O4. The summed E-state index contributed by atoms with van der Waals surface area (Å²) in [5, 5.41) is 12.5. The number of anilines is 1. The SMILES string of the molecule is CC(C)c1ccc(OCC(=O)Nc2ccc3oc(-c4ccc(O)c(Br)c4)nc3c2)cc1. The predicted octanol–water partition coefficient (Wildman–Crippen LogP) is 6.10. The molecule has 3 aromatic carbocycles. The number of fused-ring (bicyclic) bond motifs is 1.